The average molecular weight is 477 g/mol. The first-order valence-corrected chi connectivity index (χ1v) is 11.9. The van der Waals surface area contributed by atoms with Crippen molar-refractivity contribution in [2.45, 2.75) is 75.9 Å². The van der Waals surface area contributed by atoms with Crippen molar-refractivity contribution < 1.29 is 28.2 Å². The molecule has 7 nitrogen and oxygen atoms in total. The van der Waals surface area contributed by atoms with Crippen LogP contribution in [0.4, 0.5) is 9.18 Å². The molecule has 0 atom stereocenters. The van der Waals surface area contributed by atoms with Gasteiger partial charge in [0, 0.05) is 19.2 Å². The van der Waals surface area contributed by atoms with Crippen molar-refractivity contribution in [3.63, 3.8) is 0 Å². The second-order valence-electron chi connectivity index (χ2n) is 10.4. The zero-order valence-electron chi connectivity index (χ0n) is 20.7. The minimum atomic E-state index is -0.613. The molecule has 0 aliphatic heterocycles. The number of likely N-dealkylation sites (N-methyl/N-ethyl adjacent to an activating group) is 1. The second-order valence-corrected chi connectivity index (χ2v) is 10.4. The van der Waals surface area contributed by atoms with Crippen LogP contribution >= 0.6 is 0 Å². The van der Waals surface area contributed by atoms with Gasteiger partial charge in [0.1, 0.15) is 24.6 Å². The average Bonchev–Trinajstić information content (AvgIpc) is 2.83. The number of fused-ring (bicyclic) bond motifs is 3. The Hall–Kier alpha value is -2.61. The fraction of sp³-hybridized carbons (Fsp3) is 0.615. The number of rotatable bonds is 9. The smallest absolute Gasteiger partial charge is 0.407 e. The highest BCUT2D eigenvalue weighted by atomic mass is 19.1. The summed E-state index contributed by atoms with van der Waals surface area (Å²) in [5.41, 5.74) is 0.948. The summed E-state index contributed by atoms with van der Waals surface area (Å²) in [5.74, 6) is 0.561. The van der Waals surface area contributed by atoms with E-state index in [0.717, 1.165) is 38.5 Å². The molecule has 2 amide bonds. The van der Waals surface area contributed by atoms with Gasteiger partial charge in [0.05, 0.1) is 11.9 Å². The van der Waals surface area contributed by atoms with E-state index in [1.165, 1.54) is 5.56 Å². The standard InChI is InChI=1S/C26H37FN2O5/c1-24(2,3)34-23(31)29-16-19(15-27)17-32-21-7-5-20(6-8-21)25-9-12-26(13-10-25,14-11-25)33-18-22(30)28-4/h5-8,15H,9-14,16-18H2,1-4H3,(H,28,30)(H,29,31)/b19-15+. The SMILES string of the molecule is CNC(=O)COC12CCC(c3ccc(OC/C(=C/F)CNC(=O)OC(C)(C)C)cc3)(CC1)CC2. The number of carbonyl (C=O) groups excluding carboxylic acids is 2. The van der Waals surface area contributed by atoms with Gasteiger partial charge < -0.3 is 24.8 Å². The lowest BCUT2D eigenvalue weighted by Crippen LogP contribution is -2.50. The minimum absolute atomic E-state index is 0.0103. The van der Waals surface area contributed by atoms with E-state index >= 15 is 0 Å². The number of halogens is 1. The molecule has 0 radical (unpaired) electrons. The number of benzene rings is 1. The molecule has 2 N–H and O–H groups in total. The maximum atomic E-state index is 13.2. The Bertz CT molecular complexity index is 867. The summed E-state index contributed by atoms with van der Waals surface area (Å²) in [6, 6.07) is 8.02. The van der Waals surface area contributed by atoms with Crippen molar-refractivity contribution in [2.75, 3.05) is 26.8 Å². The molecule has 4 rings (SSSR count). The lowest BCUT2D eigenvalue weighted by molar-refractivity contribution is -0.146. The Morgan fingerprint density at radius 3 is 2.18 bits per heavy atom. The van der Waals surface area contributed by atoms with Crippen LogP contribution in [0.15, 0.2) is 36.2 Å². The van der Waals surface area contributed by atoms with Crippen molar-refractivity contribution in [2.24, 2.45) is 0 Å². The highest BCUT2D eigenvalue weighted by molar-refractivity contribution is 5.76. The summed E-state index contributed by atoms with van der Waals surface area (Å²) in [4.78, 5) is 23.3. The van der Waals surface area contributed by atoms with Crippen molar-refractivity contribution in [1.82, 2.24) is 10.6 Å². The molecule has 1 aromatic rings. The van der Waals surface area contributed by atoms with Crippen LogP contribution in [0, 0.1) is 0 Å². The van der Waals surface area contributed by atoms with Crippen LogP contribution in [0.1, 0.15) is 64.9 Å². The predicted octanol–water partition coefficient (Wildman–Crippen LogP) is 4.55. The maximum Gasteiger partial charge on any atom is 0.407 e. The van der Waals surface area contributed by atoms with Crippen molar-refractivity contribution >= 4 is 12.0 Å². The number of ether oxygens (including phenoxy) is 3. The molecule has 8 heteroatoms. The van der Waals surface area contributed by atoms with E-state index in [9.17, 15) is 14.0 Å². The van der Waals surface area contributed by atoms with Crippen LogP contribution < -0.4 is 15.4 Å². The number of alkyl carbamates (subject to hydrolysis) is 1. The molecule has 3 aliphatic carbocycles. The third-order valence-corrected chi connectivity index (χ3v) is 6.87. The normalized spacial score (nSPS) is 24.4. The Morgan fingerprint density at radius 2 is 1.65 bits per heavy atom. The van der Waals surface area contributed by atoms with Crippen LogP contribution in [-0.2, 0) is 19.7 Å². The molecule has 3 saturated carbocycles. The molecule has 188 valence electrons. The zero-order valence-corrected chi connectivity index (χ0v) is 20.7. The summed E-state index contributed by atoms with van der Waals surface area (Å²) in [5, 5.41) is 5.15. The van der Waals surface area contributed by atoms with Gasteiger partial charge in [-0.15, -0.1) is 0 Å². The van der Waals surface area contributed by atoms with E-state index in [2.05, 4.69) is 22.8 Å². The summed E-state index contributed by atoms with van der Waals surface area (Å²) in [6.45, 7) is 5.46. The highest BCUT2D eigenvalue weighted by Crippen LogP contribution is 2.55. The molecule has 0 heterocycles. The monoisotopic (exact) mass is 476 g/mol. The Balaban J connectivity index is 1.49. The molecule has 3 fully saturated rings. The largest absolute Gasteiger partial charge is 0.489 e. The Labute approximate surface area is 201 Å². The Morgan fingerprint density at radius 1 is 1.03 bits per heavy atom. The summed E-state index contributed by atoms with van der Waals surface area (Å²) in [6.07, 6.45) is 5.82. The molecule has 34 heavy (non-hydrogen) atoms. The molecule has 0 aromatic heterocycles. The molecule has 2 bridgehead atoms. The third-order valence-electron chi connectivity index (χ3n) is 6.87. The number of hydrogen-bond donors (Lipinski definition) is 2. The van der Waals surface area contributed by atoms with Gasteiger partial charge in [0.15, 0.2) is 0 Å². The first kappa shape index (κ1) is 26.0. The first-order valence-electron chi connectivity index (χ1n) is 11.9. The van der Waals surface area contributed by atoms with E-state index in [1.807, 2.05) is 12.1 Å². The van der Waals surface area contributed by atoms with E-state index in [-0.39, 0.29) is 36.7 Å². The van der Waals surface area contributed by atoms with Gasteiger partial charge in [-0.05, 0) is 82.4 Å². The molecule has 3 aliphatic rings. The third kappa shape index (κ3) is 6.72. The van der Waals surface area contributed by atoms with Gasteiger partial charge in [-0.3, -0.25) is 4.79 Å². The molecule has 0 spiro atoms. The second kappa shape index (κ2) is 10.8. The summed E-state index contributed by atoms with van der Waals surface area (Å²) >= 11 is 0. The van der Waals surface area contributed by atoms with E-state index in [1.54, 1.807) is 27.8 Å². The fourth-order valence-electron chi connectivity index (χ4n) is 4.79. The van der Waals surface area contributed by atoms with Crippen LogP contribution in [0.2, 0.25) is 0 Å². The quantitative estimate of drug-likeness (QED) is 0.546. The molecule has 0 unspecified atom stereocenters. The number of carbonyl (C=O) groups is 2. The van der Waals surface area contributed by atoms with Crippen molar-refractivity contribution in [3.05, 3.63) is 41.7 Å². The first-order chi connectivity index (χ1) is 16.1. The van der Waals surface area contributed by atoms with Crippen molar-refractivity contribution in [3.8, 4) is 5.75 Å². The lowest BCUT2D eigenvalue weighted by atomic mass is 9.56. The van der Waals surface area contributed by atoms with Gasteiger partial charge in [0.2, 0.25) is 5.91 Å². The molecule has 1 aromatic carbocycles. The van der Waals surface area contributed by atoms with Crippen LogP contribution in [0.3, 0.4) is 0 Å². The summed E-state index contributed by atoms with van der Waals surface area (Å²) in [7, 11) is 1.62. The number of hydrogen-bond acceptors (Lipinski definition) is 5. The topological polar surface area (TPSA) is 85.9 Å². The van der Waals surface area contributed by atoms with Crippen LogP contribution in [-0.4, -0.2) is 50.0 Å². The summed E-state index contributed by atoms with van der Waals surface area (Å²) < 4.78 is 30.2. The molecular weight excluding hydrogens is 439 g/mol. The number of nitrogens with one attached hydrogen (secondary N) is 2. The van der Waals surface area contributed by atoms with Gasteiger partial charge in [0.25, 0.3) is 0 Å². The van der Waals surface area contributed by atoms with Gasteiger partial charge in [-0.1, -0.05) is 12.1 Å². The highest BCUT2D eigenvalue weighted by Gasteiger charge is 2.50. The van der Waals surface area contributed by atoms with Crippen LogP contribution in [0.5, 0.6) is 5.75 Å². The number of amides is 2. The van der Waals surface area contributed by atoms with Gasteiger partial charge >= 0.3 is 6.09 Å². The fourth-order valence-corrected chi connectivity index (χ4v) is 4.79. The van der Waals surface area contributed by atoms with Gasteiger partial charge in [-0.25, -0.2) is 9.18 Å². The van der Waals surface area contributed by atoms with E-state index in [0.29, 0.717) is 17.7 Å². The van der Waals surface area contributed by atoms with E-state index in [4.69, 9.17) is 14.2 Å². The van der Waals surface area contributed by atoms with Gasteiger partial charge in [-0.2, -0.15) is 0 Å². The van der Waals surface area contributed by atoms with Crippen LogP contribution in [0.25, 0.3) is 0 Å². The lowest BCUT2D eigenvalue weighted by Gasteiger charge is -2.53. The zero-order chi connectivity index (χ0) is 24.8. The Kier molecular flexibility index (Phi) is 8.23. The van der Waals surface area contributed by atoms with E-state index < -0.39 is 11.7 Å². The molecule has 0 saturated heterocycles. The molecular formula is C26H37FN2O5. The minimum Gasteiger partial charge on any atom is -0.489 e. The van der Waals surface area contributed by atoms with Crippen molar-refractivity contribution in [1.29, 1.82) is 0 Å². The maximum absolute atomic E-state index is 13.2. The predicted molar refractivity (Wildman–Crippen MR) is 127 cm³/mol.